The van der Waals surface area contributed by atoms with Crippen LogP contribution in [0.25, 0.3) is 48.2 Å². The van der Waals surface area contributed by atoms with Crippen molar-refractivity contribution >= 4 is 59.7 Å². The third kappa shape index (κ3) is 3.11. The quantitative estimate of drug-likeness (QED) is 0.228. The molecule has 3 heterocycles. The highest BCUT2D eigenvalue weighted by Gasteiger charge is 2.27. The van der Waals surface area contributed by atoms with Crippen LogP contribution in [0.3, 0.4) is 0 Å². The lowest BCUT2D eigenvalue weighted by molar-refractivity contribution is -0.392. The van der Waals surface area contributed by atoms with Gasteiger partial charge < -0.3 is 4.57 Å². The first kappa shape index (κ1) is 22.3. The molecular weight excluding hydrogens is 496 g/mol. The fourth-order valence-corrected chi connectivity index (χ4v) is 5.98. The monoisotopic (exact) mass is 510 g/mol. The van der Waals surface area contributed by atoms with Gasteiger partial charge in [0.1, 0.15) is 16.3 Å². The Morgan fingerprint density at radius 2 is 1.76 bits per heavy atom. The van der Waals surface area contributed by atoms with Crippen LogP contribution in [0.2, 0.25) is 0 Å². The zero-order valence-corrected chi connectivity index (χ0v) is 19.9. The number of para-hydroxylation sites is 1. The second-order valence-corrected chi connectivity index (χ2v) is 9.27. The van der Waals surface area contributed by atoms with Gasteiger partial charge in [0.05, 0.1) is 27.1 Å². The lowest BCUT2D eigenvalue weighted by Crippen LogP contribution is -2.15. The fourth-order valence-electron chi connectivity index (χ4n) is 4.90. The number of aromatic nitrogens is 3. The van der Waals surface area contributed by atoms with Gasteiger partial charge in [0.25, 0.3) is 16.9 Å². The Balaban J connectivity index is 1.80. The number of hydrogen-bond acceptors (Lipinski definition) is 8. The number of nitrogens with zero attached hydrogens (tertiary/aromatic N) is 6. The van der Waals surface area contributed by atoms with Gasteiger partial charge in [-0.25, -0.2) is 0 Å². The number of nitriles is 1. The summed E-state index contributed by atoms with van der Waals surface area (Å²) in [6.07, 6.45) is 0. The molecule has 0 spiro atoms. The third-order valence-electron chi connectivity index (χ3n) is 6.41. The Bertz CT molecular complexity index is 2080. The van der Waals surface area contributed by atoms with E-state index < -0.39 is 26.8 Å². The van der Waals surface area contributed by atoms with Crippen LogP contribution in [0.4, 0.5) is 11.4 Å². The summed E-state index contributed by atoms with van der Waals surface area (Å²) in [5, 5.41) is 35.1. The summed E-state index contributed by atoms with van der Waals surface area (Å²) in [6.45, 7) is 2.77. The average Bonchev–Trinajstić information content (AvgIpc) is 3.41. The number of benzene rings is 3. The number of fused-ring (bicyclic) bond motifs is 6. The average molecular weight is 510 g/mol. The van der Waals surface area contributed by atoms with Gasteiger partial charge in [-0.15, -0.1) is 0 Å². The molecule has 0 amide bonds. The minimum atomic E-state index is -0.780. The SMILES string of the molecule is CCn1c2ccccc2c2cc(-c3c(C#N)c(=O)nc4sc5c([N+](=O)[O-])cc([N+](=O)[O-])cc5n34)ccc21. The number of rotatable bonds is 4. The van der Waals surface area contributed by atoms with Crippen LogP contribution in [-0.2, 0) is 6.54 Å². The molecule has 0 saturated carbocycles. The smallest absolute Gasteiger partial charge is 0.295 e. The lowest BCUT2D eigenvalue weighted by Gasteiger charge is -2.09. The van der Waals surface area contributed by atoms with E-state index in [4.69, 9.17) is 0 Å². The second-order valence-electron chi connectivity index (χ2n) is 8.29. The number of thiazole rings is 1. The largest absolute Gasteiger partial charge is 0.341 e. The molecule has 180 valence electrons. The molecule has 11 nitrogen and oxygen atoms in total. The molecule has 0 fully saturated rings. The Hall–Kier alpha value is -5.15. The van der Waals surface area contributed by atoms with E-state index >= 15 is 0 Å². The first-order valence-corrected chi connectivity index (χ1v) is 11.9. The normalized spacial score (nSPS) is 11.5. The van der Waals surface area contributed by atoms with Crippen LogP contribution < -0.4 is 5.56 Å². The molecule has 0 saturated heterocycles. The number of nitro benzene ring substituents is 2. The summed E-state index contributed by atoms with van der Waals surface area (Å²) < 4.78 is 3.70. The molecule has 12 heteroatoms. The van der Waals surface area contributed by atoms with Gasteiger partial charge in [-0.2, -0.15) is 10.2 Å². The van der Waals surface area contributed by atoms with Crippen molar-refractivity contribution in [1.29, 1.82) is 5.26 Å². The minimum Gasteiger partial charge on any atom is -0.341 e. The summed E-state index contributed by atoms with van der Waals surface area (Å²) in [7, 11) is 0. The summed E-state index contributed by atoms with van der Waals surface area (Å²) in [6, 6.07) is 17.4. The van der Waals surface area contributed by atoms with Crippen LogP contribution in [0.5, 0.6) is 0 Å². The van der Waals surface area contributed by atoms with Crippen LogP contribution in [-0.4, -0.2) is 23.8 Å². The van der Waals surface area contributed by atoms with E-state index in [0.29, 0.717) is 5.56 Å². The predicted molar refractivity (Wildman–Crippen MR) is 139 cm³/mol. The highest BCUT2D eigenvalue weighted by molar-refractivity contribution is 7.24. The summed E-state index contributed by atoms with van der Waals surface area (Å²) >= 11 is 0.867. The van der Waals surface area contributed by atoms with E-state index in [9.17, 15) is 30.3 Å². The molecular formula is C25H14N6O5S. The molecule has 0 aliphatic heterocycles. The van der Waals surface area contributed by atoms with E-state index in [0.717, 1.165) is 45.8 Å². The molecule has 0 aliphatic rings. The molecule has 0 N–H and O–H groups in total. The fraction of sp³-hybridized carbons (Fsp3) is 0.0800. The van der Waals surface area contributed by atoms with Crippen molar-refractivity contribution in [3.05, 3.63) is 90.7 Å². The van der Waals surface area contributed by atoms with Crippen molar-refractivity contribution in [2.24, 2.45) is 0 Å². The van der Waals surface area contributed by atoms with Gasteiger partial charge in [-0.3, -0.25) is 29.4 Å². The van der Waals surface area contributed by atoms with Crippen molar-refractivity contribution < 1.29 is 9.85 Å². The van der Waals surface area contributed by atoms with Gasteiger partial charge in [0.2, 0.25) is 0 Å². The molecule has 6 aromatic rings. The standard InChI is InChI=1S/C25H14N6O5S/c1-2-28-18-6-4-3-5-15(18)16-9-13(7-8-19(16)28)22-17(12-26)24(32)27-25-29(22)20-10-14(30(33)34)11-21(31(35)36)23(20)37-25/h3-11H,2H2,1H3. The van der Waals surface area contributed by atoms with Crippen molar-refractivity contribution in [1.82, 2.24) is 14.0 Å². The van der Waals surface area contributed by atoms with Gasteiger partial charge >= 0.3 is 0 Å². The maximum absolute atomic E-state index is 12.9. The first-order valence-electron chi connectivity index (χ1n) is 11.1. The van der Waals surface area contributed by atoms with Crippen molar-refractivity contribution in [2.45, 2.75) is 13.5 Å². The maximum atomic E-state index is 12.9. The number of non-ortho nitro benzene ring substituents is 2. The van der Waals surface area contributed by atoms with Gasteiger partial charge in [-0.05, 0) is 25.1 Å². The Morgan fingerprint density at radius 3 is 2.46 bits per heavy atom. The summed E-state index contributed by atoms with van der Waals surface area (Å²) in [5.74, 6) is 0. The van der Waals surface area contributed by atoms with E-state index in [1.807, 2.05) is 49.4 Å². The molecule has 6 rings (SSSR count). The molecule has 0 atom stereocenters. The van der Waals surface area contributed by atoms with Crippen LogP contribution in [0, 0.1) is 31.6 Å². The van der Waals surface area contributed by atoms with Gasteiger partial charge in [0.15, 0.2) is 4.96 Å². The minimum absolute atomic E-state index is 0.0914. The molecule has 3 aromatic heterocycles. The molecule has 0 unspecified atom stereocenters. The topological polar surface area (TPSA) is 149 Å². The molecule has 0 aliphatic carbocycles. The van der Waals surface area contributed by atoms with Crippen LogP contribution in [0.15, 0.2) is 59.4 Å². The van der Waals surface area contributed by atoms with Crippen LogP contribution in [0.1, 0.15) is 12.5 Å². The van der Waals surface area contributed by atoms with Gasteiger partial charge in [-0.1, -0.05) is 35.6 Å². The number of hydrogen-bond donors (Lipinski definition) is 0. The first-order chi connectivity index (χ1) is 17.8. The number of nitro groups is 2. The van der Waals surface area contributed by atoms with Crippen molar-refractivity contribution in [3.63, 3.8) is 0 Å². The Morgan fingerprint density at radius 1 is 1.00 bits per heavy atom. The predicted octanol–water partition coefficient (Wildman–Crippen LogP) is 5.39. The Labute approximate surface area is 210 Å². The maximum Gasteiger partial charge on any atom is 0.295 e. The van der Waals surface area contributed by atoms with E-state index in [1.165, 1.54) is 10.5 Å². The highest BCUT2D eigenvalue weighted by atomic mass is 32.1. The molecule has 0 radical (unpaired) electrons. The van der Waals surface area contributed by atoms with Crippen molar-refractivity contribution in [3.8, 4) is 17.3 Å². The van der Waals surface area contributed by atoms with E-state index in [-0.39, 0.29) is 26.4 Å². The zero-order valence-electron chi connectivity index (χ0n) is 19.0. The zero-order chi connectivity index (χ0) is 26.0. The second kappa shape index (κ2) is 7.94. The third-order valence-corrected chi connectivity index (χ3v) is 7.49. The summed E-state index contributed by atoms with van der Waals surface area (Å²) in [5.41, 5.74) is 0.798. The highest BCUT2D eigenvalue weighted by Crippen LogP contribution is 2.40. The lowest BCUT2D eigenvalue weighted by atomic mass is 10.0. The number of aryl methyl sites for hydroxylation is 1. The van der Waals surface area contributed by atoms with Crippen molar-refractivity contribution in [2.75, 3.05) is 0 Å². The van der Waals surface area contributed by atoms with Crippen LogP contribution >= 0.6 is 11.3 Å². The molecule has 0 bridgehead atoms. The molecule has 37 heavy (non-hydrogen) atoms. The Kier molecular flexibility index (Phi) is 4.79. The van der Waals surface area contributed by atoms with E-state index in [1.54, 1.807) is 6.07 Å². The molecule has 3 aromatic carbocycles. The van der Waals surface area contributed by atoms with Gasteiger partial charge in [0, 0.05) is 40.0 Å². The summed E-state index contributed by atoms with van der Waals surface area (Å²) in [4.78, 5) is 38.8. The van der Waals surface area contributed by atoms with E-state index in [2.05, 4.69) is 9.55 Å².